The zero-order valence-electron chi connectivity index (χ0n) is 17.5. The van der Waals surface area contributed by atoms with Gasteiger partial charge in [0, 0.05) is 43.4 Å². The van der Waals surface area contributed by atoms with Gasteiger partial charge in [-0.1, -0.05) is 18.2 Å². The molecule has 32 heavy (non-hydrogen) atoms. The number of H-pyrrole nitrogens is 1. The number of carbonyl (C=O) groups is 4. The number of para-hydroxylation sites is 1. The van der Waals surface area contributed by atoms with Gasteiger partial charge in [-0.3, -0.25) is 14.4 Å². The molecule has 0 aliphatic heterocycles. The number of aromatic amines is 1. The van der Waals surface area contributed by atoms with Gasteiger partial charge in [0.25, 0.3) is 0 Å². The molecule has 4 N–H and O–H groups in total. The van der Waals surface area contributed by atoms with Crippen LogP contribution in [0.4, 0.5) is 0 Å². The van der Waals surface area contributed by atoms with Crippen LogP contribution < -0.4 is 10.6 Å². The Morgan fingerprint density at radius 2 is 2.00 bits per heavy atom. The largest absolute Gasteiger partial charge is 0.480 e. The summed E-state index contributed by atoms with van der Waals surface area (Å²) in [6, 6.07) is 6.15. The van der Waals surface area contributed by atoms with E-state index in [1.807, 2.05) is 24.3 Å². The van der Waals surface area contributed by atoms with E-state index in [2.05, 4.69) is 20.4 Å². The minimum absolute atomic E-state index is 0.0333. The SMILES string of the molecule is CNC(=O)CCOC(Cc1c[nH]c2ccccc12)C(=O)NC(CCC(=O)C=[N+]=[N-])C(=O)O. The molecule has 2 aromatic rings. The molecular weight excluding hydrogens is 418 g/mol. The molecule has 2 unspecified atom stereocenters. The lowest BCUT2D eigenvalue weighted by Crippen LogP contribution is -2.47. The third kappa shape index (κ3) is 7.15. The molecule has 0 aliphatic carbocycles. The molecule has 0 radical (unpaired) electrons. The number of ketones is 1. The monoisotopic (exact) mass is 443 g/mol. The second-order valence-electron chi connectivity index (χ2n) is 7.00. The molecule has 0 spiro atoms. The number of benzene rings is 1. The third-order valence-corrected chi connectivity index (χ3v) is 4.80. The molecule has 1 aromatic carbocycles. The average molecular weight is 443 g/mol. The fourth-order valence-corrected chi connectivity index (χ4v) is 3.08. The van der Waals surface area contributed by atoms with E-state index in [-0.39, 0.29) is 38.2 Å². The van der Waals surface area contributed by atoms with Crippen molar-refractivity contribution < 1.29 is 33.8 Å². The predicted molar refractivity (Wildman–Crippen MR) is 114 cm³/mol. The Bertz CT molecular complexity index is 1030. The van der Waals surface area contributed by atoms with Crippen LogP contribution in [-0.4, -0.2) is 70.5 Å². The number of hydrogen-bond acceptors (Lipinski definition) is 5. The number of nitrogens with one attached hydrogen (secondary N) is 3. The lowest BCUT2D eigenvalue weighted by Gasteiger charge is -2.20. The summed E-state index contributed by atoms with van der Waals surface area (Å²) in [7, 11) is 1.48. The van der Waals surface area contributed by atoms with Gasteiger partial charge in [-0.2, -0.15) is 4.79 Å². The second-order valence-corrected chi connectivity index (χ2v) is 7.00. The van der Waals surface area contributed by atoms with Crippen LogP contribution in [0.5, 0.6) is 0 Å². The van der Waals surface area contributed by atoms with E-state index >= 15 is 0 Å². The Balaban J connectivity index is 2.13. The number of carboxylic acid groups (broad SMARTS) is 1. The zero-order chi connectivity index (χ0) is 23.5. The van der Waals surface area contributed by atoms with Crippen molar-refractivity contribution in [1.82, 2.24) is 15.6 Å². The van der Waals surface area contributed by atoms with Crippen molar-refractivity contribution in [1.29, 1.82) is 0 Å². The van der Waals surface area contributed by atoms with E-state index in [1.165, 1.54) is 7.05 Å². The molecule has 170 valence electrons. The van der Waals surface area contributed by atoms with Gasteiger partial charge in [0.15, 0.2) is 0 Å². The molecule has 0 aliphatic rings. The summed E-state index contributed by atoms with van der Waals surface area (Å²) in [6.45, 7) is -0.0384. The van der Waals surface area contributed by atoms with Crippen LogP contribution in [-0.2, 0) is 30.3 Å². The Morgan fingerprint density at radius 3 is 2.69 bits per heavy atom. The molecule has 11 heteroatoms. The fourth-order valence-electron chi connectivity index (χ4n) is 3.08. The van der Waals surface area contributed by atoms with Crippen LogP contribution in [0, 0.1) is 0 Å². The highest BCUT2D eigenvalue weighted by atomic mass is 16.5. The van der Waals surface area contributed by atoms with E-state index in [4.69, 9.17) is 10.3 Å². The summed E-state index contributed by atoms with van der Waals surface area (Å²) in [4.78, 5) is 53.1. The molecule has 0 fully saturated rings. The highest BCUT2D eigenvalue weighted by molar-refractivity contribution is 6.25. The van der Waals surface area contributed by atoms with E-state index in [1.54, 1.807) is 6.20 Å². The van der Waals surface area contributed by atoms with Gasteiger partial charge in [0.1, 0.15) is 12.1 Å². The quantitative estimate of drug-likeness (QED) is 0.199. The molecule has 0 bridgehead atoms. The third-order valence-electron chi connectivity index (χ3n) is 4.80. The molecular formula is C21H25N5O6. The van der Waals surface area contributed by atoms with Crippen LogP contribution in [0.25, 0.3) is 16.4 Å². The number of fused-ring (bicyclic) bond motifs is 1. The molecule has 0 saturated heterocycles. The van der Waals surface area contributed by atoms with Crippen LogP contribution in [0.15, 0.2) is 30.5 Å². The Kier molecular flexibility index (Phi) is 9.27. The Morgan fingerprint density at radius 1 is 1.25 bits per heavy atom. The molecule has 0 saturated carbocycles. The summed E-state index contributed by atoms with van der Waals surface area (Å²) in [5.41, 5.74) is 10.0. The number of aromatic nitrogens is 1. The van der Waals surface area contributed by atoms with Crippen LogP contribution in [0.2, 0.25) is 0 Å². The second kappa shape index (κ2) is 12.1. The van der Waals surface area contributed by atoms with Crippen molar-refractivity contribution in [2.45, 2.75) is 37.8 Å². The summed E-state index contributed by atoms with van der Waals surface area (Å²) in [5.74, 6) is -2.83. The Labute approximate surface area is 183 Å². The minimum Gasteiger partial charge on any atom is -0.480 e. The predicted octanol–water partition coefficient (Wildman–Crippen LogP) is 0.451. The number of hydrogen-bond donors (Lipinski definition) is 4. The van der Waals surface area contributed by atoms with Crippen LogP contribution >= 0.6 is 0 Å². The van der Waals surface area contributed by atoms with E-state index < -0.39 is 29.8 Å². The van der Waals surface area contributed by atoms with Crippen molar-refractivity contribution in [2.24, 2.45) is 0 Å². The molecule has 1 heterocycles. The number of rotatable bonds is 13. The summed E-state index contributed by atoms with van der Waals surface area (Å²) in [5, 5.41) is 15.2. The maximum atomic E-state index is 12.9. The maximum absolute atomic E-state index is 12.9. The zero-order valence-corrected chi connectivity index (χ0v) is 17.5. The molecule has 2 rings (SSSR count). The van der Waals surface area contributed by atoms with Gasteiger partial charge < -0.3 is 31.0 Å². The molecule has 1 aromatic heterocycles. The van der Waals surface area contributed by atoms with E-state index in [0.29, 0.717) is 6.21 Å². The number of carboxylic acids is 1. The summed E-state index contributed by atoms with van der Waals surface area (Å²) in [6.07, 6.45) is 1.11. The smallest absolute Gasteiger partial charge is 0.326 e. The topological polar surface area (TPSA) is 174 Å². The number of Topliss-reactive ketones (excluding diaryl/α,β-unsaturated/α-hetero) is 1. The van der Waals surface area contributed by atoms with Crippen molar-refractivity contribution in [2.75, 3.05) is 13.7 Å². The van der Waals surface area contributed by atoms with E-state index in [0.717, 1.165) is 16.5 Å². The first-order chi connectivity index (χ1) is 15.3. The van der Waals surface area contributed by atoms with Crippen molar-refractivity contribution >= 4 is 40.7 Å². The average Bonchev–Trinajstić information content (AvgIpc) is 3.18. The minimum atomic E-state index is -1.34. The first-order valence-electron chi connectivity index (χ1n) is 9.96. The van der Waals surface area contributed by atoms with Gasteiger partial charge in [0.2, 0.25) is 17.6 Å². The van der Waals surface area contributed by atoms with Crippen molar-refractivity contribution in [3.05, 3.63) is 41.6 Å². The van der Waals surface area contributed by atoms with Gasteiger partial charge in [-0.15, -0.1) is 0 Å². The standard InChI is InChI=1S/C21H25N5O6/c1-23-19(28)8-9-32-18(10-13-11-24-16-5-3-2-4-15(13)16)20(29)26-17(21(30)31)7-6-14(27)12-25-22/h2-5,11-12,17-18,24H,6-10H2,1H3,(H,23,28)(H,26,29)(H,30,31). The maximum Gasteiger partial charge on any atom is 0.326 e. The molecule has 2 amide bonds. The van der Waals surface area contributed by atoms with Gasteiger partial charge >= 0.3 is 12.2 Å². The van der Waals surface area contributed by atoms with Crippen molar-refractivity contribution in [3.8, 4) is 0 Å². The number of ether oxygens (including phenoxy) is 1. The molecule has 11 nitrogen and oxygen atoms in total. The van der Waals surface area contributed by atoms with Crippen LogP contribution in [0.1, 0.15) is 24.8 Å². The van der Waals surface area contributed by atoms with Gasteiger partial charge in [-0.05, 0) is 18.1 Å². The fraction of sp³-hybridized carbons (Fsp3) is 0.381. The number of nitrogens with zero attached hydrogens (tertiary/aromatic N) is 2. The van der Waals surface area contributed by atoms with Gasteiger partial charge in [0.05, 0.1) is 6.61 Å². The number of aliphatic carboxylic acids is 1. The molecule has 2 atom stereocenters. The Hall–Kier alpha value is -3.82. The van der Waals surface area contributed by atoms with Gasteiger partial charge in [-0.25, -0.2) is 4.79 Å². The van der Waals surface area contributed by atoms with E-state index in [9.17, 15) is 24.3 Å². The van der Waals surface area contributed by atoms with Crippen LogP contribution in [0.3, 0.4) is 0 Å². The normalized spacial score (nSPS) is 12.4. The van der Waals surface area contributed by atoms with Crippen molar-refractivity contribution in [3.63, 3.8) is 0 Å². The summed E-state index contributed by atoms with van der Waals surface area (Å²) >= 11 is 0. The highest BCUT2D eigenvalue weighted by Gasteiger charge is 2.27. The first-order valence-corrected chi connectivity index (χ1v) is 9.96. The highest BCUT2D eigenvalue weighted by Crippen LogP contribution is 2.20. The summed E-state index contributed by atoms with van der Waals surface area (Å²) < 4.78 is 5.64. The lowest BCUT2D eigenvalue weighted by atomic mass is 10.0. The first kappa shape index (κ1) is 24.4. The number of amides is 2. The number of carbonyl (C=O) groups excluding carboxylic acids is 3. The lowest BCUT2D eigenvalue weighted by molar-refractivity contribution is -0.144.